The van der Waals surface area contributed by atoms with Crippen molar-refractivity contribution in [1.29, 1.82) is 0 Å². The van der Waals surface area contributed by atoms with Gasteiger partial charge in [-0.25, -0.2) is 0 Å². The van der Waals surface area contributed by atoms with E-state index in [9.17, 15) is 9.59 Å². The molecule has 0 aromatic heterocycles. The number of para-hydroxylation sites is 2. The lowest BCUT2D eigenvalue weighted by Gasteiger charge is -2.07. The predicted octanol–water partition coefficient (Wildman–Crippen LogP) is 6.40. The summed E-state index contributed by atoms with van der Waals surface area (Å²) < 4.78 is 10.5. The number of esters is 2. The molecule has 0 atom stereocenters. The third kappa shape index (κ3) is 12.8. The van der Waals surface area contributed by atoms with Gasteiger partial charge in [0.2, 0.25) is 0 Å². The molecule has 0 saturated heterocycles. The summed E-state index contributed by atoms with van der Waals surface area (Å²) in [4.78, 5) is 22.4. The highest BCUT2D eigenvalue weighted by Crippen LogP contribution is 2.21. The largest absolute Gasteiger partial charge is 0.426 e. The molecule has 0 aliphatic carbocycles. The van der Waals surface area contributed by atoms with Gasteiger partial charge in [0.25, 0.3) is 0 Å². The number of carbonyl (C=O) groups is 2. The van der Waals surface area contributed by atoms with Crippen molar-refractivity contribution in [1.82, 2.24) is 0 Å². The molecule has 5 heteroatoms. The summed E-state index contributed by atoms with van der Waals surface area (Å²) in [7, 11) is 0. The van der Waals surface area contributed by atoms with Crippen LogP contribution >= 0.6 is 11.8 Å². The van der Waals surface area contributed by atoms with E-state index in [1.165, 1.54) is 13.8 Å². The molecule has 184 valence electrons. The normalized spacial score (nSPS) is 9.89. The van der Waals surface area contributed by atoms with E-state index in [1.807, 2.05) is 60.3 Å². The number of rotatable bonds is 12. The maximum atomic E-state index is 11.2. The van der Waals surface area contributed by atoms with Crippen molar-refractivity contribution in [2.24, 2.45) is 0 Å². The van der Waals surface area contributed by atoms with Crippen LogP contribution in [-0.2, 0) is 22.4 Å². The van der Waals surface area contributed by atoms with Crippen LogP contribution in [0.1, 0.15) is 63.5 Å². The number of ether oxygens (including phenoxy) is 2. The average Bonchev–Trinajstić information content (AvgIpc) is 2.83. The second-order valence-electron chi connectivity index (χ2n) is 7.93. The summed E-state index contributed by atoms with van der Waals surface area (Å²) in [5.74, 6) is 15.7. The number of thioether (sulfide) groups is 1. The lowest BCUT2D eigenvalue weighted by Crippen LogP contribution is -2.03. The summed E-state index contributed by atoms with van der Waals surface area (Å²) in [6, 6.07) is 15.3. The standard InChI is InChI=1S/C30H34O4S/c1-25(31)33-29-21-13-11-19-27(29)17-9-5-3-7-15-23-35-24-16-8-4-6-10-18-28-20-12-14-22-30(28)34-26(2)32/h11-14,19-22H,5-6,9-10,15-18,23-24H2,1-2H3. The molecule has 0 fully saturated rings. The summed E-state index contributed by atoms with van der Waals surface area (Å²) in [5.41, 5.74) is 2.10. The molecule has 0 radical (unpaired) electrons. The molecule has 4 nitrogen and oxygen atoms in total. The maximum absolute atomic E-state index is 11.2. The highest BCUT2D eigenvalue weighted by Gasteiger charge is 2.05. The third-order valence-electron chi connectivity index (χ3n) is 4.94. The minimum atomic E-state index is -0.292. The summed E-state index contributed by atoms with van der Waals surface area (Å²) >= 11 is 1.89. The van der Waals surface area contributed by atoms with Crippen LogP contribution in [0.25, 0.3) is 0 Å². The Balaban J connectivity index is 1.50. The molecule has 0 N–H and O–H groups in total. The smallest absolute Gasteiger partial charge is 0.308 e. The lowest BCUT2D eigenvalue weighted by molar-refractivity contribution is -0.132. The minimum absolute atomic E-state index is 0.292. The molecule has 0 aliphatic rings. The van der Waals surface area contributed by atoms with Crippen molar-refractivity contribution in [3.63, 3.8) is 0 Å². The van der Waals surface area contributed by atoms with Gasteiger partial charge in [-0.05, 0) is 48.9 Å². The average molecular weight is 491 g/mol. The molecule has 0 saturated carbocycles. The molecule has 2 aromatic carbocycles. The fourth-order valence-corrected chi connectivity index (χ4v) is 4.06. The second kappa shape index (κ2) is 17.3. The Hall–Kier alpha value is -3.15. The summed E-state index contributed by atoms with van der Waals surface area (Å²) in [6.45, 7) is 2.84. The van der Waals surface area contributed by atoms with Crippen molar-refractivity contribution >= 4 is 23.7 Å². The molecule has 0 amide bonds. The zero-order chi connectivity index (χ0) is 25.1. The predicted molar refractivity (Wildman–Crippen MR) is 143 cm³/mol. The van der Waals surface area contributed by atoms with E-state index >= 15 is 0 Å². The number of hydrogen-bond acceptors (Lipinski definition) is 5. The Bertz CT molecular complexity index is 983. The van der Waals surface area contributed by atoms with Gasteiger partial charge in [-0.3, -0.25) is 9.59 Å². The van der Waals surface area contributed by atoms with Crippen molar-refractivity contribution in [3.05, 3.63) is 59.7 Å². The summed E-state index contributed by atoms with van der Waals surface area (Å²) in [5, 5.41) is 0. The van der Waals surface area contributed by atoms with Gasteiger partial charge in [0.15, 0.2) is 0 Å². The van der Waals surface area contributed by atoms with Gasteiger partial charge in [-0.15, -0.1) is 23.7 Å². The first kappa shape index (κ1) is 28.1. The highest BCUT2D eigenvalue weighted by atomic mass is 32.2. The summed E-state index contributed by atoms with van der Waals surface area (Å²) in [6.07, 6.45) is 7.07. The van der Waals surface area contributed by atoms with Gasteiger partial charge in [-0.2, -0.15) is 11.8 Å². The van der Waals surface area contributed by atoms with Gasteiger partial charge < -0.3 is 9.47 Å². The van der Waals surface area contributed by atoms with Crippen molar-refractivity contribution in [2.45, 2.75) is 65.2 Å². The van der Waals surface area contributed by atoms with E-state index in [1.54, 1.807) is 0 Å². The van der Waals surface area contributed by atoms with Crippen LogP contribution in [0.5, 0.6) is 11.5 Å². The zero-order valence-corrected chi connectivity index (χ0v) is 21.5. The van der Waals surface area contributed by atoms with Crippen LogP contribution < -0.4 is 9.47 Å². The van der Waals surface area contributed by atoms with Gasteiger partial charge in [-0.1, -0.05) is 36.4 Å². The van der Waals surface area contributed by atoms with Crippen LogP contribution in [0, 0.1) is 23.7 Å². The van der Waals surface area contributed by atoms with E-state index in [4.69, 9.17) is 9.47 Å². The first-order valence-electron chi connectivity index (χ1n) is 12.1. The first-order valence-corrected chi connectivity index (χ1v) is 13.2. The molecule has 2 rings (SSSR count). The van der Waals surface area contributed by atoms with Crippen LogP contribution in [0.2, 0.25) is 0 Å². The van der Waals surface area contributed by atoms with E-state index in [0.29, 0.717) is 11.5 Å². The molecule has 0 aliphatic heterocycles. The monoisotopic (exact) mass is 490 g/mol. The van der Waals surface area contributed by atoms with Crippen molar-refractivity contribution < 1.29 is 19.1 Å². The van der Waals surface area contributed by atoms with Crippen molar-refractivity contribution in [3.8, 4) is 35.2 Å². The van der Waals surface area contributed by atoms with E-state index < -0.39 is 0 Å². The number of hydrogen-bond donors (Lipinski definition) is 0. The Morgan fingerprint density at radius 2 is 1.06 bits per heavy atom. The van der Waals surface area contributed by atoms with Crippen molar-refractivity contribution in [2.75, 3.05) is 11.5 Å². The molecule has 0 bridgehead atoms. The van der Waals surface area contributed by atoms with Gasteiger partial charge >= 0.3 is 11.9 Å². The minimum Gasteiger partial charge on any atom is -0.426 e. The first-order chi connectivity index (χ1) is 17.1. The van der Waals surface area contributed by atoms with Gasteiger partial charge in [0.05, 0.1) is 0 Å². The quantitative estimate of drug-likeness (QED) is 0.149. The topological polar surface area (TPSA) is 52.6 Å². The molecule has 0 heterocycles. The Labute approximate surface area is 214 Å². The van der Waals surface area contributed by atoms with Crippen LogP contribution in [0.3, 0.4) is 0 Å². The highest BCUT2D eigenvalue weighted by molar-refractivity contribution is 7.99. The molecule has 2 aromatic rings. The fraction of sp³-hybridized carbons (Fsp3) is 0.400. The molecule has 0 unspecified atom stereocenters. The number of carbonyl (C=O) groups excluding carboxylic acids is 2. The van der Waals surface area contributed by atoms with Gasteiger partial charge in [0.1, 0.15) is 11.5 Å². The van der Waals surface area contributed by atoms with E-state index in [2.05, 4.69) is 23.7 Å². The van der Waals surface area contributed by atoms with Gasteiger partial charge in [0, 0.05) is 51.0 Å². The molecule has 0 spiro atoms. The number of unbranched alkanes of at least 4 members (excludes halogenated alkanes) is 2. The molecule has 35 heavy (non-hydrogen) atoms. The zero-order valence-electron chi connectivity index (χ0n) is 20.7. The molecular formula is C30H34O4S. The third-order valence-corrected chi connectivity index (χ3v) is 5.93. The van der Waals surface area contributed by atoms with Crippen LogP contribution in [0.15, 0.2) is 48.5 Å². The van der Waals surface area contributed by atoms with Crippen LogP contribution in [0.4, 0.5) is 0 Å². The fourth-order valence-electron chi connectivity index (χ4n) is 3.37. The Morgan fingerprint density at radius 1 is 0.657 bits per heavy atom. The SMILES string of the molecule is CC(=O)Oc1ccccc1CCCC#CCCSCCC#CCCCc1ccccc1OC(C)=O. The van der Waals surface area contributed by atoms with E-state index in [-0.39, 0.29) is 11.9 Å². The second-order valence-corrected chi connectivity index (χ2v) is 9.15. The van der Waals surface area contributed by atoms with E-state index in [0.717, 1.165) is 74.0 Å². The maximum Gasteiger partial charge on any atom is 0.308 e. The Morgan fingerprint density at radius 3 is 1.49 bits per heavy atom. The number of benzene rings is 2. The van der Waals surface area contributed by atoms with Crippen LogP contribution in [-0.4, -0.2) is 23.4 Å². The lowest BCUT2D eigenvalue weighted by atomic mass is 10.1. The Kier molecular flexibility index (Phi) is 13.9. The molecular weight excluding hydrogens is 456 g/mol. The number of aryl methyl sites for hydroxylation is 2.